The van der Waals surface area contributed by atoms with Crippen LogP contribution >= 0.6 is 11.3 Å². The zero-order chi connectivity index (χ0) is 22.2. The summed E-state index contributed by atoms with van der Waals surface area (Å²) >= 11 is 1.24. The van der Waals surface area contributed by atoms with E-state index >= 15 is 0 Å². The Labute approximate surface area is 184 Å². The van der Waals surface area contributed by atoms with Crippen LogP contribution in [0.2, 0.25) is 0 Å². The van der Waals surface area contributed by atoms with Crippen molar-refractivity contribution in [1.29, 1.82) is 0 Å². The largest absolute Gasteiger partial charge is 0.317 e. The van der Waals surface area contributed by atoms with E-state index in [1.54, 1.807) is 6.07 Å². The highest BCUT2D eigenvalue weighted by atomic mass is 32.2. The lowest BCUT2D eigenvalue weighted by atomic mass is 10.0. The van der Waals surface area contributed by atoms with Crippen molar-refractivity contribution < 1.29 is 17.6 Å². The van der Waals surface area contributed by atoms with Crippen molar-refractivity contribution in [2.24, 2.45) is 10.9 Å². The van der Waals surface area contributed by atoms with Crippen molar-refractivity contribution in [3.05, 3.63) is 58.6 Å². The normalized spacial score (nSPS) is 18.5. The molecule has 164 valence electrons. The first-order valence-corrected chi connectivity index (χ1v) is 12.5. The Kier molecular flexibility index (Phi) is 6.09. The zero-order valence-electron chi connectivity index (χ0n) is 17.4. The molecule has 2 aromatic carbocycles. The van der Waals surface area contributed by atoms with Crippen molar-refractivity contribution >= 4 is 37.5 Å². The van der Waals surface area contributed by atoms with Gasteiger partial charge in [0.2, 0.25) is 10.0 Å². The zero-order valence-corrected chi connectivity index (χ0v) is 19.0. The third-order valence-electron chi connectivity index (χ3n) is 5.52. The van der Waals surface area contributed by atoms with E-state index in [1.807, 2.05) is 11.5 Å². The molecule has 2 heterocycles. The Morgan fingerprint density at radius 2 is 1.97 bits per heavy atom. The molecule has 0 aliphatic carbocycles. The predicted octanol–water partition coefficient (Wildman–Crippen LogP) is 4.02. The van der Waals surface area contributed by atoms with Crippen LogP contribution < -0.4 is 4.80 Å². The Morgan fingerprint density at radius 1 is 1.23 bits per heavy atom. The van der Waals surface area contributed by atoms with Gasteiger partial charge in [0.05, 0.1) is 15.1 Å². The number of fused-ring (bicyclic) bond motifs is 1. The summed E-state index contributed by atoms with van der Waals surface area (Å²) < 4.78 is 43.4. The smallest absolute Gasteiger partial charge is 0.279 e. The van der Waals surface area contributed by atoms with Crippen LogP contribution in [0.3, 0.4) is 0 Å². The number of aromatic nitrogens is 1. The molecule has 4 rings (SSSR count). The summed E-state index contributed by atoms with van der Waals surface area (Å²) in [7, 11) is -3.57. The first kappa shape index (κ1) is 21.9. The molecule has 0 saturated carbocycles. The molecule has 1 aromatic heterocycles. The second-order valence-corrected chi connectivity index (χ2v) is 10.7. The van der Waals surface area contributed by atoms with Gasteiger partial charge in [-0.1, -0.05) is 18.3 Å². The molecule has 1 saturated heterocycles. The van der Waals surface area contributed by atoms with E-state index in [2.05, 4.69) is 11.9 Å². The Bertz CT molecular complexity index is 1290. The summed E-state index contributed by atoms with van der Waals surface area (Å²) in [5, 5.41) is 0. The van der Waals surface area contributed by atoms with Gasteiger partial charge in [-0.2, -0.15) is 9.30 Å². The van der Waals surface area contributed by atoms with Crippen LogP contribution in [0.1, 0.15) is 37.0 Å². The van der Waals surface area contributed by atoms with Gasteiger partial charge in [-0.05, 0) is 68.1 Å². The number of sulfonamides is 1. The number of carbonyl (C=O) groups is 1. The number of aryl methyl sites for hydroxylation is 1. The number of nitrogens with zero attached hydrogens (tertiary/aromatic N) is 3. The van der Waals surface area contributed by atoms with E-state index < -0.39 is 15.9 Å². The van der Waals surface area contributed by atoms with Crippen molar-refractivity contribution in [2.75, 3.05) is 13.1 Å². The third kappa shape index (κ3) is 4.35. The summed E-state index contributed by atoms with van der Waals surface area (Å²) in [6, 6.07) is 10.4. The van der Waals surface area contributed by atoms with Gasteiger partial charge in [0.15, 0.2) is 4.80 Å². The summed E-state index contributed by atoms with van der Waals surface area (Å²) in [4.78, 5) is 17.6. The van der Waals surface area contributed by atoms with Gasteiger partial charge in [-0.25, -0.2) is 12.8 Å². The van der Waals surface area contributed by atoms with Crippen LogP contribution in [-0.4, -0.2) is 36.3 Å². The molecule has 1 fully saturated rings. The molecule has 1 atom stereocenters. The van der Waals surface area contributed by atoms with E-state index in [1.165, 1.54) is 52.0 Å². The predicted molar refractivity (Wildman–Crippen MR) is 119 cm³/mol. The van der Waals surface area contributed by atoms with Crippen LogP contribution in [0, 0.1) is 11.7 Å². The highest BCUT2D eigenvalue weighted by Crippen LogP contribution is 2.24. The van der Waals surface area contributed by atoms with Gasteiger partial charge >= 0.3 is 0 Å². The quantitative estimate of drug-likeness (QED) is 0.589. The monoisotopic (exact) mass is 461 g/mol. The molecule has 0 spiro atoms. The fourth-order valence-corrected chi connectivity index (χ4v) is 6.59. The molecule has 0 N–H and O–H groups in total. The van der Waals surface area contributed by atoms with Crippen molar-refractivity contribution in [3.8, 4) is 0 Å². The average Bonchev–Trinajstić information content (AvgIpc) is 3.09. The molecule has 31 heavy (non-hydrogen) atoms. The molecule has 3 aromatic rings. The van der Waals surface area contributed by atoms with Gasteiger partial charge in [-0.15, -0.1) is 0 Å². The van der Waals surface area contributed by atoms with Gasteiger partial charge in [0.1, 0.15) is 5.82 Å². The van der Waals surface area contributed by atoms with Crippen LogP contribution in [0.4, 0.5) is 4.39 Å². The number of thiazole rings is 1. The van der Waals surface area contributed by atoms with E-state index in [9.17, 15) is 17.6 Å². The molecular weight excluding hydrogens is 437 g/mol. The fourth-order valence-electron chi connectivity index (χ4n) is 3.87. The minimum atomic E-state index is -3.57. The number of halogens is 1. The maximum Gasteiger partial charge on any atom is 0.279 e. The molecule has 1 aliphatic heterocycles. The fraction of sp³-hybridized carbons (Fsp3) is 0.364. The van der Waals surface area contributed by atoms with E-state index in [4.69, 9.17) is 0 Å². The number of carbonyl (C=O) groups excluding carboxylic acids is 1. The Hall–Kier alpha value is -2.36. The van der Waals surface area contributed by atoms with Gasteiger partial charge < -0.3 is 4.57 Å². The lowest BCUT2D eigenvalue weighted by Crippen LogP contribution is -2.39. The minimum Gasteiger partial charge on any atom is -0.317 e. The topological polar surface area (TPSA) is 71.7 Å². The molecule has 9 heteroatoms. The van der Waals surface area contributed by atoms with Crippen LogP contribution in [-0.2, 0) is 16.6 Å². The number of amides is 1. The standard InChI is InChI=1S/C22H24FN3O3S2/c1-3-26-19-11-8-17(23)13-20(19)30-22(26)24-21(27)16-6-9-18(10-7-16)31(28,29)25-12-4-5-15(2)14-25/h6-11,13,15H,3-5,12,14H2,1-2H3/t15-/m1/s1. The average molecular weight is 462 g/mol. The van der Waals surface area contributed by atoms with Crippen molar-refractivity contribution in [1.82, 2.24) is 8.87 Å². The maximum absolute atomic E-state index is 13.5. The molecule has 0 radical (unpaired) electrons. The van der Waals surface area contributed by atoms with E-state index in [0.29, 0.717) is 40.6 Å². The van der Waals surface area contributed by atoms with E-state index in [0.717, 1.165) is 18.4 Å². The molecule has 6 nitrogen and oxygen atoms in total. The lowest BCUT2D eigenvalue weighted by Gasteiger charge is -2.30. The molecule has 1 aliphatic rings. The van der Waals surface area contributed by atoms with Crippen LogP contribution in [0.5, 0.6) is 0 Å². The van der Waals surface area contributed by atoms with Gasteiger partial charge in [0.25, 0.3) is 5.91 Å². The van der Waals surface area contributed by atoms with Gasteiger partial charge in [-0.3, -0.25) is 4.79 Å². The number of benzene rings is 2. The van der Waals surface area contributed by atoms with Gasteiger partial charge in [0, 0.05) is 25.2 Å². The summed E-state index contributed by atoms with van der Waals surface area (Å²) in [6.07, 6.45) is 1.88. The molecule has 0 bridgehead atoms. The Morgan fingerprint density at radius 3 is 2.65 bits per heavy atom. The number of hydrogen-bond donors (Lipinski definition) is 0. The highest BCUT2D eigenvalue weighted by Gasteiger charge is 2.28. The Balaban J connectivity index is 1.63. The van der Waals surface area contributed by atoms with Crippen LogP contribution in [0.25, 0.3) is 10.2 Å². The van der Waals surface area contributed by atoms with Crippen molar-refractivity contribution in [3.63, 3.8) is 0 Å². The summed E-state index contributed by atoms with van der Waals surface area (Å²) in [6.45, 7) is 5.60. The molecule has 1 amide bonds. The lowest BCUT2D eigenvalue weighted by molar-refractivity contribution is 0.0997. The van der Waals surface area contributed by atoms with E-state index in [-0.39, 0.29) is 10.7 Å². The minimum absolute atomic E-state index is 0.180. The van der Waals surface area contributed by atoms with Crippen molar-refractivity contribution in [2.45, 2.75) is 38.1 Å². The number of rotatable bonds is 4. The first-order valence-electron chi connectivity index (χ1n) is 10.3. The number of piperidine rings is 1. The SMILES string of the molecule is CCn1c(=NC(=O)c2ccc(S(=O)(=O)N3CCC[C@@H](C)C3)cc2)sc2cc(F)ccc21. The second-order valence-electron chi connectivity index (χ2n) is 7.79. The second kappa shape index (κ2) is 8.64. The molecular formula is C22H24FN3O3S2. The summed E-state index contributed by atoms with van der Waals surface area (Å²) in [5.41, 5.74) is 1.12. The molecule has 0 unspecified atom stereocenters. The number of hydrogen-bond acceptors (Lipinski definition) is 4. The maximum atomic E-state index is 13.5. The first-order chi connectivity index (χ1) is 14.8. The highest BCUT2D eigenvalue weighted by molar-refractivity contribution is 7.89. The third-order valence-corrected chi connectivity index (χ3v) is 8.44. The van der Waals surface area contributed by atoms with Crippen LogP contribution in [0.15, 0.2) is 52.4 Å². The summed E-state index contributed by atoms with van der Waals surface area (Å²) in [5.74, 6) is -0.470.